The lowest BCUT2D eigenvalue weighted by molar-refractivity contribution is 0.347. The molecule has 0 N–H and O–H groups in total. The van der Waals surface area contributed by atoms with E-state index >= 15 is 0 Å². The van der Waals surface area contributed by atoms with E-state index in [1.807, 2.05) is 0 Å². The summed E-state index contributed by atoms with van der Waals surface area (Å²) < 4.78 is 0. The van der Waals surface area contributed by atoms with Gasteiger partial charge in [-0.05, 0) is 25.4 Å². The molecule has 1 heterocycles. The Morgan fingerprint density at radius 3 is 2.78 bits per heavy atom. The molecule has 0 bridgehead atoms. The molecule has 1 nitrogen and oxygen atoms in total. The van der Waals surface area contributed by atoms with E-state index in [0.717, 1.165) is 11.8 Å². The van der Waals surface area contributed by atoms with Gasteiger partial charge >= 0.3 is 0 Å². The summed E-state index contributed by atoms with van der Waals surface area (Å²) in [5.74, 6) is 1.61. The molecule has 0 saturated carbocycles. The van der Waals surface area contributed by atoms with E-state index in [9.17, 15) is 0 Å². The molecule has 0 spiro atoms. The molecule has 0 amide bonds. The largest absolute Gasteiger partial charge is 0.303 e. The normalized spacial score (nSPS) is 29.3. The van der Waals surface area contributed by atoms with Gasteiger partial charge in [-0.25, -0.2) is 0 Å². The first kappa shape index (κ1) is 7.36. The molecular formula is C7H14ClN. The fraction of sp³-hybridized carbons (Fsp3) is 1.00. The first-order valence-electron chi connectivity index (χ1n) is 3.65. The quantitative estimate of drug-likeness (QED) is 0.536. The number of hydrogen-bond donors (Lipinski definition) is 0. The van der Waals surface area contributed by atoms with E-state index in [1.54, 1.807) is 0 Å². The third kappa shape index (κ3) is 1.84. The number of nitrogens with zero attached hydrogens (tertiary/aromatic N) is 1. The lowest BCUT2D eigenvalue weighted by atomic mass is 10.2. The molecule has 0 aromatic heterocycles. The van der Waals surface area contributed by atoms with Crippen LogP contribution in [0.1, 0.15) is 13.3 Å². The molecule has 54 valence electrons. The van der Waals surface area contributed by atoms with Crippen LogP contribution in [0.3, 0.4) is 0 Å². The Hall–Kier alpha value is 0.250. The highest BCUT2D eigenvalue weighted by Gasteiger charge is 2.19. The molecule has 0 unspecified atom stereocenters. The van der Waals surface area contributed by atoms with Gasteiger partial charge in [-0.15, -0.1) is 11.6 Å². The zero-order valence-electron chi connectivity index (χ0n) is 5.94. The minimum atomic E-state index is 0.770. The lowest BCUT2D eigenvalue weighted by Gasteiger charge is -2.10. The maximum atomic E-state index is 5.70. The summed E-state index contributed by atoms with van der Waals surface area (Å²) >= 11 is 5.70. The average molecular weight is 148 g/mol. The van der Waals surface area contributed by atoms with Crippen molar-refractivity contribution in [2.45, 2.75) is 13.3 Å². The van der Waals surface area contributed by atoms with Gasteiger partial charge in [-0.2, -0.15) is 0 Å². The molecule has 1 saturated heterocycles. The molecule has 0 aromatic carbocycles. The van der Waals surface area contributed by atoms with Crippen LogP contribution in [0.4, 0.5) is 0 Å². The van der Waals surface area contributed by atoms with Crippen LogP contribution < -0.4 is 0 Å². The van der Waals surface area contributed by atoms with Crippen molar-refractivity contribution >= 4 is 11.6 Å². The highest BCUT2D eigenvalue weighted by molar-refractivity contribution is 6.18. The fourth-order valence-electron chi connectivity index (χ4n) is 1.33. The van der Waals surface area contributed by atoms with Gasteiger partial charge in [-0.3, -0.25) is 0 Å². The highest BCUT2D eigenvalue weighted by Crippen LogP contribution is 2.16. The lowest BCUT2D eigenvalue weighted by Crippen LogP contribution is -2.19. The van der Waals surface area contributed by atoms with Gasteiger partial charge in [-0.1, -0.05) is 6.92 Å². The van der Waals surface area contributed by atoms with Crippen LogP contribution in [0, 0.1) is 5.92 Å². The summed E-state index contributed by atoms with van der Waals surface area (Å²) in [6.45, 7) is 5.87. The molecule has 1 aliphatic heterocycles. The van der Waals surface area contributed by atoms with Crippen LogP contribution in [0.5, 0.6) is 0 Å². The summed E-state index contributed by atoms with van der Waals surface area (Å²) in [7, 11) is 0. The summed E-state index contributed by atoms with van der Waals surface area (Å²) in [4.78, 5) is 2.45. The standard InChI is InChI=1S/C7H14ClN/c1-2-9-4-3-7(5-8)6-9/h7H,2-6H2,1H3/t7-/m1/s1. The van der Waals surface area contributed by atoms with E-state index in [2.05, 4.69) is 11.8 Å². The Kier molecular flexibility index (Phi) is 2.80. The van der Waals surface area contributed by atoms with Crippen molar-refractivity contribution in [1.82, 2.24) is 4.90 Å². The Labute approximate surface area is 62.0 Å². The van der Waals surface area contributed by atoms with E-state index < -0.39 is 0 Å². The first-order chi connectivity index (χ1) is 4.36. The number of hydrogen-bond acceptors (Lipinski definition) is 1. The number of likely N-dealkylation sites (tertiary alicyclic amines) is 1. The molecular weight excluding hydrogens is 134 g/mol. The van der Waals surface area contributed by atoms with Crippen LogP contribution in [-0.2, 0) is 0 Å². The van der Waals surface area contributed by atoms with Gasteiger partial charge in [0, 0.05) is 12.4 Å². The summed E-state index contributed by atoms with van der Waals surface area (Å²) in [5, 5.41) is 0. The smallest absolute Gasteiger partial charge is 0.0264 e. The van der Waals surface area contributed by atoms with Crippen LogP contribution >= 0.6 is 11.6 Å². The van der Waals surface area contributed by atoms with Crippen molar-refractivity contribution in [2.24, 2.45) is 5.92 Å². The van der Waals surface area contributed by atoms with E-state index in [4.69, 9.17) is 11.6 Å². The van der Waals surface area contributed by atoms with E-state index in [0.29, 0.717) is 0 Å². The van der Waals surface area contributed by atoms with Gasteiger partial charge in [0.05, 0.1) is 0 Å². The predicted octanol–water partition coefficient (Wildman–Crippen LogP) is 1.57. The molecule has 9 heavy (non-hydrogen) atoms. The summed E-state index contributed by atoms with van der Waals surface area (Å²) in [5.41, 5.74) is 0. The summed E-state index contributed by atoms with van der Waals surface area (Å²) in [6, 6.07) is 0. The second kappa shape index (κ2) is 3.43. The Balaban J connectivity index is 2.20. The van der Waals surface area contributed by atoms with Gasteiger partial charge in [0.25, 0.3) is 0 Å². The SMILES string of the molecule is CCN1CC[C@H](CCl)C1. The van der Waals surface area contributed by atoms with Crippen molar-refractivity contribution in [3.63, 3.8) is 0 Å². The molecule has 1 fully saturated rings. The zero-order valence-corrected chi connectivity index (χ0v) is 6.69. The molecule has 1 aliphatic rings. The molecule has 2 heteroatoms. The van der Waals surface area contributed by atoms with Crippen molar-refractivity contribution in [1.29, 1.82) is 0 Å². The van der Waals surface area contributed by atoms with Crippen molar-refractivity contribution < 1.29 is 0 Å². The van der Waals surface area contributed by atoms with E-state index in [-0.39, 0.29) is 0 Å². The van der Waals surface area contributed by atoms with Gasteiger partial charge in [0.15, 0.2) is 0 Å². The Morgan fingerprint density at radius 2 is 2.44 bits per heavy atom. The van der Waals surface area contributed by atoms with Crippen molar-refractivity contribution in [2.75, 3.05) is 25.5 Å². The van der Waals surface area contributed by atoms with Gasteiger partial charge in [0.2, 0.25) is 0 Å². The minimum Gasteiger partial charge on any atom is -0.303 e. The van der Waals surface area contributed by atoms with E-state index in [1.165, 1.54) is 26.1 Å². The third-order valence-corrected chi connectivity index (χ3v) is 2.47. The van der Waals surface area contributed by atoms with Crippen LogP contribution in [0.25, 0.3) is 0 Å². The zero-order chi connectivity index (χ0) is 6.69. The monoisotopic (exact) mass is 147 g/mol. The number of halogens is 1. The number of alkyl halides is 1. The highest BCUT2D eigenvalue weighted by atomic mass is 35.5. The van der Waals surface area contributed by atoms with Crippen molar-refractivity contribution in [3.8, 4) is 0 Å². The topological polar surface area (TPSA) is 3.24 Å². The number of rotatable bonds is 2. The molecule has 0 radical (unpaired) electrons. The molecule has 0 aromatic rings. The van der Waals surface area contributed by atoms with Crippen LogP contribution in [0.15, 0.2) is 0 Å². The summed E-state index contributed by atoms with van der Waals surface area (Å²) in [6.07, 6.45) is 1.30. The second-order valence-electron chi connectivity index (χ2n) is 2.70. The minimum absolute atomic E-state index is 0.770. The second-order valence-corrected chi connectivity index (χ2v) is 3.01. The Morgan fingerprint density at radius 1 is 1.67 bits per heavy atom. The first-order valence-corrected chi connectivity index (χ1v) is 4.18. The average Bonchev–Trinajstić information content (AvgIpc) is 2.34. The maximum Gasteiger partial charge on any atom is 0.0264 e. The Bertz CT molecular complexity index is 75.0. The van der Waals surface area contributed by atoms with Crippen LogP contribution in [-0.4, -0.2) is 30.4 Å². The fourth-order valence-corrected chi connectivity index (χ4v) is 1.58. The third-order valence-electron chi connectivity index (χ3n) is 2.04. The molecule has 1 rings (SSSR count). The van der Waals surface area contributed by atoms with Crippen LogP contribution in [0.2, 0.25) is 0 Å². The molecule has 0 aliphatic carbocycles. The maximum absolute atomic E-state index is 5.70. The van der Waals surface area contributed by atoms with Gasteiger partial charge in [0.1, 0.15) is 0 Å². The van der Waals surface area contributed by atoms with Gasteiger partial charge < -0.3 is 4.90 Å². The predicted molar refractivity (Wildman–Crippen MR) is 40.9 cm³/mol. The molecule has 1 atom stereocenters. The van der Waals surface area contributed by atoms with Crippen molar-refractivity contribution in [3.05, 3.63) is 0 Å².